The highest BCUT2D eigenvalue weighted by molar-refractivity contribution is 5.97. The van der Waals surface area contributed by atoms with Crippen molar-refractivity contribution in [2.45, 2.75) is 52.2 Å². The predicted octanol–water partition coefficient (Wildman–Crippen LogP) is 3.74. The van der Waals surface area contributed by atoms with E-state index in [9.17, 15) is 19.8 Å². The Labute approximate surface area is 330 Å². The molecule has 0 radical (unpaired) electrons. The molecule has 15 nitrogen and oxygen atoms in total. The van der Waals surface area contributed by atoms with E-state index < -0.39 is 5.82 Å². The van der Waals surface area contributed by atoms with Gasteiger partial charge >= 0.3 is 0 Å². The third-order valence-corrected chi connectivity index (χ3v) is 11.6. The van der Waals surface area contributed by atoms with Gasteiger partial charge in [-0.1, -0.05) is 32.0 Å². The van der Waals surface area contributed by atoms with Gasteiger partial charge in [0.2, 0.25) is 17.8 Å². The number of nitrogens with zero attached hydrogens (tertiary/aromatic N) is 9. The highest BCUT2D eigenvalue weighted by Crippen LogP contribution is 2.35. The molecule has 0 spiro atoms. The largest absolute Gasteiger partial charge is 0.508 e. The maximum absolute atomic E-state index is 15.9. The zero-order chi connectivity index (χ0) is 39.8. The quantitative estimate of drug-likeness (QED) is 0.236. The minimum Gasteiger partial charge on any atom is -0.508 e. The van der Waals surface area contributed by atoms with Gasteiger partial charge in [-0.15, -0.1) is 0 Å². The van der Waals surface area contributed by atoms with E-state index in [1.165, 1.54) is 18.5 Å². The van der Waals surface area contributed by atoms with Crippen LogP contribution in [0.4, 0.5) is 22.1 Å². The van der Waals surface area contributed by atoms with Crippen LogP contribution in [0.15, 0.2) is 42.7 Å². The predicted molar refractivity (Wildman–Crippen MR) is 211 cm³/mol. The summed E-state index contributed by atoms with van der Waals surface area (Å²) < 4.78 is 21.4. The summed E-state index contributed by atoms with van der Waals surface area (Å²) in [6, 6.07) is 9.21. The number of benzene rings is 2. The van der Waals surface area contributed by atoms with Crippen LogP contribution in [0.5, 0.6) is 11.5 Å². The highest BCUT2D eigenvalue weighted by Gasteiger charge is 2.33. The number of morpholine rings is 1. The summed E-state index contributed by atoms with van der Waals surface area (Å²) in [6.45, 7) is 11.2. The SMILES string of the molecule is CC(C)c1cc(C(=O)N2Cc3ccc(CN4CCC(C(=O)N5CCN(c6nc(-c7cnc(N)nc7)c(F)c(N7CCOCC7)n6)CC5)CC4)cc3C2)c(O)cc1O. The fraction of sp³-hybridized carbons (Fsp3) is 0.463. The molecule has 16 heteroatoms. The minimum absolute atomic E-state index is 0.00216. The van der Waals surface area contributed by atoms with Gasteiger partial charge in [-0.05, 0) is 60.2 Å². The summed E-state index contributed by atoms with van der Waals surface area (Å²) in [5.74, 6) is -0.220. The lowest BCUT2D eigenvalue weighted by atomic mass is 9.94. The Morgan fingerprint density at radius 2 is 1.56 bits per heavy atom. The molecule has 300 valence electrons. The molecule has 57 heavy (non-hydrogen) atoms. The molecule has 4 N–H and O–H groups in total. The summed E-state index contributed by atoms with van der Waals surface area (Å²) >= 11 is 0. The second kappa shape index (κ2) is 16.1. The first-order chi connectivity index (χ1) is 27.5. The number of ether oxygens (including phenoxy) is 1. The van der Waals surface area contributed by atoms with Crippen LogP contribution in [-0.4, -0.2) is 122 Å². The van der Waals surface area contributed by atoms with Crippen LogP contribution in [0, 0.1) is 11.7 Å². The number of fused-ring (bicyclic) bond motifs is 1. The number of anilines is 3. The van der Waals surface area contributed by atoms with Crippen LogP contribution >= 0.6 is 0 Å². The van der Waals surface area contributed by atoms with Crippen molar-refractivity contribution < 1.29 is 28.9 Å². The van der Waals surface area contributed by atoms with E-state index in [0.29, 0.717) is 82.6 Å². The van der Waals surface area contributed by atoms with Crippen LogP contribution in [-0.2, 0) is 29.2 Å². The number of phenolic OH excluding ortho intramolecular Hbond substituents is 2. The number of nitrogens with two attached hydrogens (primary N) is 1. The molecule has 4 aromatic rings. The molecule has 0 bridgehead atoms. The number of rotatable bonds is 8. The molecule has 4 aliphatic heterocycles. The lowest BCUT2D eigenvalue weighted by Gasteiger charge is -2.39. The average molecular weight is 781 g/mol. The Balaban J connectivity index is 0.852. The van der Waals surface area contributed by atoms with Gasteiger partial charge in [0.25, 0.3) is 5.91 Å². The van der Waals surface area contributed by atoms with Gasteiger partial charge in [-0.2, -0.15) is 4.98 Å². The second-order valence-corrected chi connectivity index (χ2v) is 15.6. The fourth-order valence-electron chi connectivity index (χ4n) is 8.27. The summed E-state index contributed by atoms with van der Waals surface area (Å²) in [7, 11) is 0. The van der Waals surface area contributed by atoms with Gasteiger partial charge in [-0.3, -0.25) is 14.5 Å². The van der Waals surface area contributed by atoms with Crippen molar-refractivity contribution in [3.05, 3.63) is 76.4 Å². The van der Waals surface area contributed by atoms with Crippen molar-refractivity contribution >= 4 is 29.5 Å². The van der Waals surface area contributed by atoms with Crippen molar-refractivity contribution in [1.29, 1.82) is 0 Å². The van der Waals surface area contributed by atoms with Gasteiger partial charge < -0.3 is 40.3 Å². The van der Waals surface area contributed by atoms with E-state index in [4.69, 9.17) is 10.5 Å². The number of nitrogen functional groups attached to an aromatic ring is 1. The number of carbonyl (C=O) groups is 2. The number of likely N-dealkylation sites (tertiary alicyclic amines) is 1. The Bertz CT molecular complexity index is 2130. The molecule has 3 saturated heterocycles. The van der Waals surface area contributed by atoms with Gasteiger partial charge in [0.15, 0.2) is 11.6 Å². The highest BCUT2D eigenvalue weighted by atomic mass is 19.1. The molecule has 8 rings (SSSR count). The number of amides is 2. The Hall–Kier alpha value is -5.61. The number of piperidine rings is 1. The molecule has 2 amide bonds. The number of aromatic nitrogens is 4. The monoisotopic (exact) mass is 780 g/mol. The van der Waals surface area contributed by atoms with Crippen molar-refractivity contribution in [3.63, 3.8) is 0 Å². The molecule has 0 saturated carbocycles. The summed E-state index contributed by atoms with van der Waals surface area (Å²) in [4.78, 5) is 54.5. The van der Waals surface area contributed by atoms with Gasteiger partial charge in [0.05, 0.1) is 18.8 Å². The molecule has 6 heterocycles. The standard InChI is InChI=1S/C41H49FN10O5/c1-25(2)31-18-32(34(54)19-33(31)53)39(56)52-23-28-4-3-26(17-29(28)24-52)22-48-7-5-27(6-8-48)38(55)50-9-11-51(12-10-50)41-46-36(30-20-44-40(43)45-21-30)35(42)37(47-41)49-13-15-57-16-14-49/h3-4,17-21,25,27,53-54H,5-16,22-24H2,1-2H3,(H2,43,44,45). The van der Waals surface area contributed by atoms with Crippen LogP contribution in [0.3, 0.4) is 0 Å². The Kier molecular flexibility index (Phi) is 10.8. The normalized spacial score (nSPS) is 18.0. The van der Waals surface area contributed by atoms with Gasteiger partial charge in [-0.25, -0.2) is 19.3 Å². The molecule has 0 unspecified atom stereocenters. The third kappa shape index (κ3) is 8.01. The number of halogens is 1. The average Bonchev–Trinajstić information content (AvgIpc) is 3.65. The number of phenols is 2. The fourth-order valence-corrected chi connectivity index (χ4v) is 8.27. The second-order valence-electron chi connectivity index (χ2n) is 15.6. The summed E-state index contributed by atoms with van der Waals surface area (Å²) in [5, 5.41) is 20.7. The van der Waals surface area contributed by atoms with Gasteiger partial charge in [0.1, 0.15) is 17.2 Å². The number of carbonyl (C=O) groups excluding carboxylic acids is 2. The smallest absolute Gasteiger partial charge is 0.258 e. The number of aromatic hydroxyl groups is 2. The van der Waals surface area contributed by atoms with Crippen LogP contribution in [0.25, 0.3) is 11.3 Å². The maximum atomic E-state index is 15.9. The molecular formula is C41H49FN10O5. The first-order valence-electron chi connectivity index (χ1n) is 19.7. The minimum atomic E-state index is -0.544. The van der Waals surface area contributed by atoms with E-state index in [0.717, 1.165) is 49.2 Å². The van der Waals surface area contributed by atoms with E-state index in [1.54, 1.807) is 11.0 Å². The molecule has 2 aromatic heterocycles. The molecule has 0 atom stereocenters. The van der Waals surface area contributed by atoms with E-state index in [-0.39, 0.29) is 58.2 Å². The molecule has 4 aliphatic rings. The van der Waals surface area contributed by atoms with E-state index >= 15 is 4.39 Å². The number of piperazine rings is 1. The Morgan fingerprint density at radius 1 is 0.860 bits per heavy atom. The zero-order valence-electron chi connectivity index (χ0n) is 32.4. The number of hydrogen-bond acceptors (Lipinski definition) is 13. The Morgan fingerprint density at radius 3 is 2.26 bits per heavy atom. The molecule has 3 fully saturated rings. The zero-order valence-corrected chi connectivity index (χ0v) is 32.4. The van der Waals surface area contributed by atoms with Crippen LogP contribution < -0.4 is 15.5 Å². The lowest BCUT2D eigenvalue weighted by molar-refractivity contribution is -0.137. The van der Waals surface area contributed by atoms with Crippen LogP contribution in [0.2, 0.25) is 0 Å². The van der Waals surface area contributed by atoms with Crippen LogP contribution in [0.1, 0.15) is 65.2 Å². The van der Waals surface area contributed by atoms with E-state index in [2.05, 4.69) is 43.0 Å². The molecular weight excluding hydrogens is 732 g/mol. The van der Waals surface area contributed by atoms with Crippen molar-refractivity contribution in [1.82, 2.24) is 34.6 Å². The first-order valence-corrected chi connectivity index (χ1v) is 19.7. The maximum Gasteiger partial charge on any atom is 0.258 e. The molecule has 2 aromatic carbocycles. The topological polar surface area (TPSA) is 178 Å². The first kappa shape index (κ1) is 38.3. The summed E-state index contributed by atoms with van der Waals surface area (Å²) in [5.41, 5.74) is 10.4. The molecule has 0 aliphatic carbocycles. The third-order valence-electron chi connectivity index (χ3n) is 11.6. The number of hydrogen-bond donors (Lipinski definition) is 3. The van der Waals surface area contributed by atoms with Gasteiger partial charge in [0, 0.05) is 88.8 Å². The van der Waals surface area contributed by atoms with Crippen molar-refractivity contribution in [2.24, 2.45) is 5.92 Å². The van der Waals surface area contributed by atoms with E-state index in [1.807, 2.05) is 28.5 Å². The van der Waals surface area contributed by atoms with Crippen molar-refractivity contribution in [2.75, 3.05) is 81.1 Å². The summed E-state index contributed by atoms with van der Waals surface area (Å²) in [6.07, 6.45) is 4.47. The van der Waals surface area contributed by atoms with Crippen molar-refractivity contribution in [3.8, 4) is 22.8 Å². The lowest BCUT2D eigenvalue weighted by Crippen LogP contribution is -2.52.